The Morgan fingerprint density at radius 2 is 0.723 bits per heavy atom. The van der Waals surface area contributed by atoms with Crippen molar-refractivity contribution in [2.75, 3.05) is 13.2 Å². The topological polar surface area (TPSA) is 95.9 Å². The Morgan fingerprint density at radius 3 is 1.09 bits per heavy atom. The van der Waals surface area contributed by atoms with Gasteiger partial charge < -0.3 is 20.3 Å². The van der Waals surface area contributed by atoms with Crippen LogP contribution < -0.4 is 5.32 Å². The number of esters is 1. The number of nitrogens with one attached hydrogen (secondary N) is 1. The van der Waals surface area contributed by atoms with Crippen LogP contribution in [0.2, 0.25) is 0 Å². The molecule has 0 radical (unpaired) electrons. The molecule has 382 valence electrons. The van der Waals surface area contributed by atoms with Gasteiger partial charge in [-0.3, -0.25) is 9.59 Å². The molecule has 65 heavy (non-hydrogen) atoms. The van der Waals surface area contributed by atoms with Gasteiger partial charge >= 0.3 is 5.97 Å². The van der Waals surface area contributed by atoms with Crippen molar-refractivity contribution >= 4 is 11.9 Å². The van der Waals surface area contributed by atoms with Crippen molar-refractivity contribution in [1.29, 1.82) is 0 Å². The minimum absolute atomic E-state index is 0.000500. The first-order chi connectivity index (χ1) is 32.0. The number of aliphatic hydroxyl groups excluding tert-OH is 2. The molecular formula is C59H111NO5. The van der Waals surface area contributed by atoms with Crippen LogP contribution in [0.3, 0.4) is 0 Å². The molecule has 0 aliphatic rings. The van der Waals surface area contributed by atoms with Crippen LogP contribution >= 0.6 is 0 Å². The lowest BCUT2D eigenvalue weighted by molar-refractivity contribution is -0.143. The number of amides is 1. The molecule has 0 aliphatic heterocycles. The predicted octanol–water partition coefficient (Wildman–Crippen LogP) is 17.6. The monoisotopic (exact) mass is 914 g/mol. The molecule has 1 amide bonds. The molecule has 0 bridgehead atoms. The molecular weight excluding hydrogens is 803 g/mol. The second-order valence-electron chi connectivity index (χ2n) is 19.6. The van der Waals surface area contributed by atoms with Gasteiger partial charge in [0.25, 0.3) is 0 Å². The van der Waals surface area contributed by atoms with E-state index in [4.69, 9.17) is 4.74 Å². The van der Waals surface area contributed by atoms with Gasteiger partial charge in [0.15, 0.2) is 0 Å². The van der Waals surface area contributed by atoms with Crippen LogP contribution in [0, 0.1) is 0 Å². The van der Waals surface area contributed by atoms with Crippen LogP contribution in [0.1, 0.15) is 303 Å². The zero-order valence-corrected chi connectivity index (χ0v) is 43.5. The predicted molar refractivity (Wildman–Crippen MR) is 283 cm³/mol. The van der Waals surface area contributed by atoms with Crippen LogP contribution in [0.5, 0.6) is 0 Å². The second kappa shape index (κ2) is 54.7. The Hall–Kier alpha value is -1.92. The van der Waals surface area contributed by atoms with E-state index in [2.05, 4.69) is 43.5 Å². The maximum atomic E-state index is 12.4. The van der Waals surface area contributed by atoms with Gasteiger partial charge in [-0.1, -0.05) is 243 Å². The lowest BCUT2D eigenvalue weighted by Crippen LogP contribution is -2.45. The van der Waals surface area contributed by atoms with Crippen molar-refractivity contribution in [3.63, 3.8) is 0 Å². The molecule has 0 saturated carbocycles. The molecule has 0 aromatic heterocycles. The Morgan fingerprint density at radius 1 is 0.415 bits per heavy atom. The van der Waals surface area contributed by atoms with Gasteiger partial charge in [0.05, 0.1) is 25.4 Å². The third-order valence-corrected chi connectivity index (χ3v) is 13.1. The van der Waals surface area contributed by atoms with Crippen molar-refractivity contribution in [2.24, 2.45) is 0 Å². The summed E-state index contributed by atoms with van der Waals surface area (Å²) in [7, 11) is 0. The summed E-state index contributed by atoms with van der Waals surface area (Å²) in [5, 5.41) is 23.0. The Labute approximate surface area is 404 Å². The van der Waals surface area contributed by atoms with Crippen molar-refractivity contribution in [3.8, 4) is 0 Å². The summed E-state index contributed by atoms with van der Waals surface area (Å²) in [6.45, 7) is 4.88. The standard InChI is InChI=1S/C59H111NO5/c1-3-5-7-9-11-13-15-17-18-22-26-29-33-37-41-45-49-53-59(64)65-54-50-46-42-38-34-30-27-24-21-19-20-23-25-28-32-36-40-44-48-52-58(63)60-56(55-61)57(62)51-47-43-39-35-31-16-14-12-10-8-6-4-2/h17-20,47,51,56-57,61-62H,3-16,21-46,48-50,52-55H2,1-2H3,(H,60,63)/b18-17-,20-19-,51-47+. The number of carbonyl (C=O) groups is 2. The first kappa shape index (κ1) is 63.1. The van der Waals surface area contributed by atoms with Gasteiger partial charge in [-0.15, -0.1) is 0 Å². The molecule has 2 unspecified atom stereocenters. The number of hydrogen-bond acceptors (Lipinski definition) is 5. The van der Waals surface area contributed by atoms with Gasteiger partial charge in [-0.25, -0.2) is 0 Å². The fraction of sp³-hybridized carbons (Fsp3) is 0.864. The van der Waals surface area contributed by atoms with Crippen molar-refractivity contribution in [2.45, 2.75) is 315 Å². The summed E-state index contributed by atoms with van der Waals surface area (Å²) in [6, 6.07) is -0.634. The highest BCUT2D eigenvalue weighted by Crippen LogP contribution is 2.16. The third kappa shape index (κ3) is 51.3. The number of aliphatic hydroxyl groups is 2. The first-order valence-corrected chi connectivity index (χ1v) is 28.8. The summed E-state index contributed by atoms with van der Waals surface area (Å²) in [4.78, 5) is 24.5. The number of carbonyl (C=O) groups excluding carboxylic acids is 2. The molecule has 0 fully saturated rings. The lowest BCUT2D eigenvalue weighted by atomic mass is 10.0. The van der Waals surface area contributed by atoms with Gasteiger partial charge in [0, 0.05) is 12.8 Å². The smallest absolute Gasteiger partial charge is 0.305 e. The van der Waals surface area contributed by atoms with E-state index in [0.717, 1.165) is 51.4 Å². The minimum atomic E-state index is -0.850. The molecule has 0 aromatic rings. The van der Waals surface area contributed by atoms with Crippen LogP contribution in [-0.2, 0) is 14.3 Å². The van der Waals surface area contributed by atoms with E-state index in [9.17, 15) is 19.8 Å². The van der Waals surface area contributed by atoms with Gasteiger partial charge in [-0.05, 0) is 83.5 Å². The average molecular weight is 915 g/mol. The highest BCUT2D eigenvalue weighted by molar-refractivity contribution is 5.76. The largest absolute Gasteiger partial charge is 0.466 e. The fourth-order valence-electron chi connectivity index (χ4n) is 8.68. The lowest BCUT2D eigenvalue weighted by Gasteiger charge is -2.20. The van der Waals surface area contributed by atoms with Crippen LogP contribution in [0.25, 0.3) is 0 Å². The van der Waals surface area contributed by atoms with Crippen LogP contribution in [0.15, 0.2) is 36.5 Å². The van der Waals surface area contributed by atoms with E-state index >= 15 is 0 Å². The second-order valence-corrected chi connectivity index (χ2v) is 19.6. The first-order valence-electron chi connectivity index (χ1n) is 28.8. The number of unbranched alkanes of at least 4 members (excludes halogenated alkanes) is 38. The van der Waals surface area contributed by atoms with Crippen molar-refractivity contribution in [3.05, 3.63) is 36.5 Å². The molecule has 0 saturated heterocycles. The number of hydrogen-bond donors (Lipinski definition) is 3. The minimum Gasteiger partial charge on any atom is -0.466 e. The molecule has 0 aromatic carbocycles. The van der Waals surface area contributed by atoms with Crippen LogP contribution in [-0.4, -0.2) is 47.4 Å². The summed E-state index contributed by atoms with van der Waals surface area (Å²) in [5.74, 6) is -0.0791. The molecule has 6 heteroatoms. The summed E-state index contributed by atoms with van der Waals surface area (Å²) in [5.41, 5.74) is 0. The molecule has 0 aliphatic carbocycles. The van der Waals surface area contributed by atoms with E-state index in [1.807, 2.05) is 6.08 Å². The highest BCUT2D eigenvalue weighted by atomic mass is 16.5. The molecule has 0 spiro atoms. The Bertz CT molecular complexity index is 1060. The van der Waals surface area contributed by atoms with Gasteiger partial charge in [0.2, 0.25) is 5.91 Å². The van der Waals surface area contributed by atoms with E-state index in [1.165, 1.54) is 225 Å². The number of rotatable bonds is 53. The SMILES string of the molecule is CCCCCCCC/C=C\CCCCCCCCCC(=O)OCCCCCCCCCC/C=C\CCCCCCCCCC(=O)NC(CO)C(O)/C=C/CCCCCCCCCCCC. The molecule has 0 heterocycles. The van der Waals surface area contributed by atoms with E-state index in [0.29, 0.717) is 19.4 Å². The van der Waals surface area contributed by atoms with Crippen molar-refractivity contribution < 1.29 is 24.5 Å². The number of ether oxygens (including phenoxy) is 1. The number of allylic oxidation sites excluding steroid dienone is 5. The molecule has 3 N–H and O–H groups in total. The van der Waals surface area contributed by atoms with E-state index < -0.39 is 12.1 Å². The molecule has 0 rings (SSSR count). The van der Waals surface area contributed by atoms with Gasteiger partial charge in [0.1, 0.15) is 0 Å². The Balaban J connectivity index is 3.44. The molecule has 2 atom stereocenters. The van der Waals surface area contributed by atoms with E-state index in [-0.39, 0.29) is 18.5 Å². The van der Waals surface area contributed by atoms with E-state index in [1.54, 1.807) is 6.08 Å². The van der Waals surface area contributed by atoms with Gasteiger partial charge in [-0.2, -0.15) is 0 Å². The Kier molecular flexibility index (Phi) is 53.1. The van der Waals surface area contributed by atoms with Crippen LogP contribution in [0.4, 0.5) is 0 Å². The van der Waals surface area contributed by atoms with Crippen molar-refractivity contribution in [1.82, 2.24) is 5.32 Å². The quantitative estimate of drug-likeness (QED) is 0.0321. The fourth-order valence-corrected chi connectivity index (χ4v) is 8.68. The third-order valence-electron chi connectivity index (χ3n) is 13.1. The summed E-state index contributed by atoms with van der Waals surface area (Å²) >= 11 is 0. The summed E-state index contributed by atoms with van der Waals surface area (Å²) in [6.07, 6.45) is 67.4. The zero-order valence-electron chi connectivity index (χ0n) is 43.5. The maximum absolute atomic E-state index is 12.4. The highest BCUT2D eigenvalue weighted by Gasteiger charge is 2.18. The zero-order chi connectivity index (χ0) is 47.2. The normalized spacial score (nSPS) is 12.9. The maximum Gasteiger partial charge on any atom is 0.305 e. The summed E-state index contributed by atoms with van der Waals surface area (Å²) < 4.78 is 5.48. The average Bonchev–Trinajstić information content (AvgIpc) is 3.31. The molecule has 6 nitrogen and oxygen atoms in total.